The van der Waals surface area contributed by atoms with Crippen LogP contribution in [0.25, 0.3) is 11.3 Å². The fourth-order valence-corrected chi connectivity index (χ4v) is 7.68. The van der Waals surface area contributed by atoms with Crippen molar-refractivity contribution >= 4 is 47.3 Å². The first kappa shape index (κ1) is 42.7. The third kappa shape index (κ3) is 9.18. The number of aromatic nitrogens is 1. The molecule has 62 heavy (non-hydrogen) atoms. The van der Waals surface area contributed by atoms with Gasteiger partial charge in [0, 0.05) is 50.8 Å². The number of hydrogen-bond donors (Lipinski definition) is 5. The van der Waals surface area contributed by atoms with Gasteiger partial charge in [-0.05, 0) is 79.6 Å². The summed E-state index contributed by atoms with van der Waals surface area (Å²) < 4.78 is 11.0. The Kier molecular flexibility index (Phi) is 12.7. The van der Waals surface area contributed by atoms with Crippen molar-refractivity contribution in [3.63, 3.8) is 0 Å². The summed E-state index contributed by atoms with van der Waals surface area (Å²) in [7, 11) is 3.16. The monoisotopic (exact) mass is 847 g/mol. The van der Waals surface area contributed by atoms with E-state index in [4.69, 9.17) is 9.26 Å². The van der Waals surface area contributed by atoms with Crippen LogP contribution in [0.4, 0.5) is 0 Å². The number of nitrogens with zero attached hydrogens (tertiary/aromatic N) is 3. The number of phenolic OH excluding ortho intramolecular Hbond substituents is 1. The van der Waals surface area contributed by atoms with Gasteiger partial charge in [0.15, 0.2) is 18.1 Å². The lowest BCUT2D eigenvalue weighted by Crippen LogP contribution is -2.54. The van der Waals surface area contributed by atoms with Crippen LogP contribution in [0.1, 0.15) is 114 Å². The van der Waals surface area contributed by atoms with E-state index >= 15 is 0 Å². The summed E-state index contributed by atoms with van der Waals surface area (Å²) in [4.78, 5) is 103. The molecule has 3 heterocycles. The highest BCUT2D eigenvalue weighted by Crippen LogP contribution is 2.35. The molecule has 1 aromatic heterocycles. The topological polar surface area (TPSA) is 247 Å². The molecular formula is C44H45N7O11. The predicted molar refractivity (Wildman–Crippen MR) is 219 cm³/mol. The van der Waals surface area contributed by atoms with Crippen molar-refractivity contribution in [3.05, 3.63) is 99.7 Å². The molecule has 3 aromatic carbocycles. The predicted octanol–water partition coefficient (Wildman–Crippen LogP) is 3.05. The van der Waals surface area contributed by atoms with E-state index in [0.29, 0.717) is 43.5 Å². The van der Waals surface area contributed by atoms with Crippen LogP contribution in [0.5, 0.6) is 11.5 Å². The summed E-state index contributed by atoms with van der Waals surface area (Å²) in [6.45, 7) is 0.429. The molecule has 4 aromatic rings. The van der Waals surface area contributed by atoms with Gasteiger partial charge in [-0.25, -0.2) is 0 Å². The molecule has 1 fully saturated rings. The summed E-state index contributed by atoms with van der Waals surface area (Å²) in [6, 6.07) is 14.3. The van der Waals surface area contributed by atoms with E-state index in [0.717, 1.165) is 35.3 Å². The maximum absolute atomic E-state index is 13.2. The fourth-order valence-electron chi connectivity index (χ4n) is 7.68. The first-order valence-corrected chi connectivity index (χ1v) is 20.3. The van der Waals surface area contributed by atoms with Crippen LogP contribution in [0.2, 0.25) is 0 Å². The first-order valence-electron chi connectivity index (χ1n) is 20.3. The van der Waals surface area contributed by atoms with Crippen LogP contribution in [-0.2, 0) is 20.8 Å². The summed E-state index contributed by atoms with van der Waals surface area (Å²) in [6.07, 6.45) is 4.37. The molecule has 0 spiro atoms. The number of imide groups is 2. The summed E-state index contributed by atoms with van der Waals surface area (Å²) in [5, 5.41) is 25.2. The summed E-state index contributed by atoms with van der Waals surface area (Å²) >= 11 is 0. The molecule has 18 nitrogen and oxygen atoms in total. The molecule has 3 aliphatic rings. The second kappa shape index (κ2) is 18.5. The Labute approximate surface area is 355 Å². The van der Waals surface area contributed by atoms with Crippen molar-refractivity contribution in [1.29, 1.82) is 0 Å². The Morgan fingerprint density at radius 1 is 0.887 bits per heavy atom. The highest BCUT2D eigenvalue weighted by molar-refractivity contribution is 6.24. The lowest BCUT2D eigenvalue weighted by atomic mass is 10.0. The number of amides is 8. The van der Waals surface area contributed by atoms with Gasteiger partial charge < -0.3 is 35.2 Å². The largest absolute Gasteiger partial charge is 0.507 e. The summed E-state index contributed by atoms with van der Waals surface area (Å²) in [5.74, 6) is -4.00. The Bertz CT molecular complexity index is 2480. The van der Waals surface area contributed by atoms with E-state index < -0.39 is 48.1 Å². The van der Waals surface area contributed by atoms with Crippen LogP contribution in [0.3, 0.4) is 0 Å². The molecule has 1 aliphatic carbocycles. The highest BCUT2D eigenvalue weighted by atomic mass is 16.5. The van der Waals surface area contributed by atoms with Crippen molar-refractivity contribution in [3.8, 4) is 22.8 Å². The normalized spacial score (nSPS) is 16.6. The van der Waals surface area contributed by atoms with Gasteiger partial charge in [-0.1, -0.05) is 36.2 Å². The number of aromatic hydroxyl groups is 1. The summed E-state index contributed by atoms with van der Waals surface area (Å²) in [5.41, 5.74) is 2.98. The van der Waals surface area contributed by atoms with Crippen molar-refractivity contribution in [2.75, 3.05) is 33.8 Å². The van der Waals surface area contributed by atoms with Crippen LogP contribution in [0, 0.1) is 0 Å². The zero-order valence-corrected chi connectivity index (χ0v) is 34.1. The molecule has 322 valence electrons. The zero-order valence-electron chi connectivity index (χ0n) is 34.1. The molecule has 18 heteroatoms. The van der Waals surface area contributed by atoms with E-state index in [1.165, 1.54) is 41.3 Å². The number of fused-ring (bicyclic) bond motifs is 2. The highest BCUT2D eigenvalue weighted by Gasteiger charge is 2.46. The smallest absolute Gasteiger partial charge is 0.273 e. The van der Waals surface area contributed by atoms with E-state index in [-0.39, 0.29) is 70.3 Å². The molecule has 2 atom stereocenters. The number of carbonyl (C=O) groups is 8. The number of benzene rings is 3. The molecule has 2 aliphatic heterocycles. The number of phenols is 1. The number of aryl methyl sites for hydroxylation is 1. The quantitative estimate of drug-likeness (QED) is 0.0807. The van der Waals surface area contributed by atoms with Crippen LogP contribution in [-0.4, -0.2) is 107 Å². The van der Waals surface area contributed by atoms with Gasteiger partial charge in [0.1, 0.15) is 17.5 Å². The lowest BCUT2D eigenvalue weighted by Gasteiger charge is -2.27. The number of unbranched alkanes of at least 4 members (excludes halogenated alkanes) is 3. The van der Waals surface area contributed by atoms with Crippen LogP contribution >= 0.6 is 0 Å². The SMILES string of the molecule is CN(C)C(=O)c1ccc(-c2cc(C(=O)N[C@@H]3CCc4ccc(C(=O)NCCCCCCNC(=O)COc5cccc6c5C(=O)N(C5CCC(=O)NC5=O)C6=O)cc43)no2)cc1O. The molecule has 1 saturated heterocycles. The second-order valence-corrected chi connectivity index (χ2v) is 15.4. The standard InChI is InChI=1S/C44H45N7O11/c1-50(2)42(58)27-14-12-25(21-33(27)52)35-22-31(49-62-35)40(56)47-30-15-13-24-10-11-26(20-29(24)30)39(55)46-19-6-4-3-5-18-45-37(54)23-61-34-9-7-8-28-38(34)44(60)51(43(28)59)32-16-17-36(53)48-41(32)57/h7-12,14,20-22,30,32,52H,3-6,13,15-19,23H2,1-2H3,(H,45,54)(H,46,55)(H,47,56)(H,48,53,57)/t30-,32?/m1/s1. The van der Waals surface area contributed by atoms with Gasteiger partial charge in [0.25, 0.3) is 35.4 Å². The third-order valence-corrected chi connectivity index (χ3v) is 11.0. The molecule has 5 N–H and O–H groups in total. The van der Waals surface area contributed by atoms with Gasteiger partial charge in [0.05, 0.1) is 22.7 Å². The van der Waals surface area contributed by atoms with Crippen LogP contribution in [0.15, 0.2) is 65.2 Å². The van der Waals surface area contributed by atoms with E-state index in [1.807, 2.05) is 6.07 Å². The number of piperidine rings is 1. The minimum absolute atomic E-state index is 0.00102. The molecule has 0 radical (unpaired) electrons. The van der Waals surface area contributed by atoms with Gasteiger partial charge in [0.2, 0.25) is 11.8 Å². The molecule has 7 rings (SSSR count). The lowest BCUT2D eigenvalue weighted by molar-refractivity contribution is -0.136. The average Bonchev–Trinajstić information content (AvgIpc) is 3.97. The van der Waals surface area contributed by atoms with E-state index in [9.17, 15) is 43.5 Å². The number of carbonyl (C=O) groups excluding carboxylic acids is 8. The first-order chi connectivity index (χ1) is 29.8. The number of rotatable bonds is 16. The molecule has 0 saturated carbocycles. The molecular weight excluding hydrogens is 803 g/mol. The number of nitrogens with one attached hydrogen (secondary N) is 4. The third-order valence-electron chi connectivity index (χ3n) is 11.0. The van der Waals surface area contributed by atoms with Gasteiger partial charge in [-0.15, -0.1) is 0 Å². The minimum Gasteiger partial charge on any atom is -0.507 e. The minimum atomic E-state index is -1.11. The maximum atomic E-state index is 13.2. The van der Waals surface area contributed by atoms with E-state index in [2.05, 4.69) is 26.4 Å². The van der Waals surface area contributed by atoms with Crippen LogP contribution < -0.4 is 26.0 Å². The van der Waals surface area contributed by atoms with Gasteiger partial charge >= 0.3 is 0 Å². The Hall–Kier alpha value is -7.37. The Morgan fingerprint density at radius 3 is 2.40 bits per heavy atom. The molecule has 8 amide bonds. The Balaban J connectivity index is 0.804. The van der Waals surface area contributed by atoms with E-state index in [1.54, 1.807) is 32.3 Å². The van der Waals surface area contributed by atoms with Gasteiger partial charge in [-0.2, -0.15) is 0 Å². The van der Waals surface area contributed by atoms with Crippen molar-refractivity contribution in [1.82, 2.24) is 36.2 Å². The fraction of sp³-hybridized carbons (Fsp3) is 0.341. The van der Waals surface area contributed by atoms with Crippen molar-refractivity contribution in [2.24, 2.45) is 0 Å². The number of hydrogen-bond acceptors (Lipinski definition) is 12. The van der Waals surface area contributed by atoms with Gasteiger partial charge in [-0.3, -0.25) is 48.6 Å². The second-order valence-electron chi connectivity index (χ2n) is 15.4. The maximum Gasteiger partial charge on any atom is 0.273 e. The average molecular weight is 848 g/mol. The molecule has 0 bridgehead atoms. The van der Waals surface area contributed by atoms with Crippen molar-refractivity contribution in [2.45, 2.75) is 63.5 Å². The molecule has 1 unspecified atom stereocenters. The Morgan fingerprint density at radius 2 is 1.66 bits per heavy atom. The number of ether oxygens (including phenoxy) is 1. The van der Waals surface area contributed by atoms with Crippen molar-refractivity contribution < 1.29 is 52.7 Å². The zero-order chi connectivity index (χ0) is 44.1.